The van der Waals surface area contributed by atoms with Crippen molar-refractivity contribution in [2.45, 2.75) is 226 Å². The van der Waals surface area contributed by atoms with Crippen LogP contribution >= 0.6 is 0 Å². The summed E-state index contributed by atoms with van der Waals surface area (Å²) in [5.74, 6) is -0.535. The van der Waals surface area contributed by atoms with Crippen LogP contribution in [0.2, 0.25) is 0 Å². The van der Waals surface area contributed by atoms with Gasteiger partial charge in [0.2, 0.25) is 0 Å². The van der Waals surface area contributed by atoms with Crippen LogP contribution < -0.4 is 39.4 Å². The standard InChI is InChI=1S/C44H80O4.Na/c1-3-5-7-9-11-13-15-17-19-21-23-25-27-29-31-33-37-47-40-42-36-35-41(44(45)46)39-43(42)48-38-34-32-30-28-26-24-22-20-18-16-14-12-10-8-6-4-2;/h35-36,39H,3-34,37-38,40H2,1-2H3,(H,45,46);/q;+1/p-1. The molecule has 0 unspecified atom stereocenters. The summed E-state index contributed by atoms with van der Waals surface area (Å²) in [5, 5.41) is 11.4. The molecule has 0 atom stereocenters. The smallest absolute Gasteiger partial charge is 0.545 e. The first-order valence-corrected chi connectivity index (χ1v) is 21.2. The van der Waals surface area contributed by atoms with Gasteiger partial charge in [-0.2, -0.15) is 0 Å². The Balaban J connectivity index is 0.0000230. The van der Waals surface area contributed by atoms with Crippen LogP contribution in [-0.4, -0.2) is 19.2 Å². The van der Waals surface area contributed by atoms with E-state index in [1.54, 1.807) is 12.1 Å². The first-order chi connectivity index (χ1) is 23.7. The summed E-state index contributed by atoms with van der Waals surface area (Å²) in [7, 11) is 0. The van der Waals surface area contributed by atoms with Crippen molar-refractivity contribution in [3.63, 3.8) is 0 Å². The van der Waals surface area contributed by atoms with E-state index in [4.69, 9.17) is 9.47 Å². The molecule has 0 fully saturated rings. The van der Waals surface area contributed by atoms with Crippen molar-refractivity contribution >= 4 is 5.97 Å². The molecule has 0 amide bonds. The van der Waals surface area contributed by atoms with Crippen LogP contribution in [0.1, 0.15) is 235 Å². The van der Waals surface area contributed by atoms with Gasteiger partial charge < -0.3 is 19.4 Å². The van der Waals surface area contributed by atoms with Crippen LogP contribution in [0.5, 0.6) is 5.75 Å². The van der Waals surface area contributed by atoms with Gasteiger partial charge in [-0.15, -0.1) is 0 Å². The number of carbonyl (C=O) groups excluding carboxylic acids is 1. The summed E-state index contributed by atoms with van der Waals surface area (Å²) in [4.78, 5) is 11.4. The van der Waals surface area contributed by atoms with Gasteiger partial charge in [0.1, 0.15) is 5.75 Å². The van der Waals surface area contributed by atoms with E-state index in [0.29, 0.717) is 19.0 Å². The molecule has 0 aliphatic rings. The maximum Gasteiger partial charge on any atom is 1.00 e. The molecule has 49 heavy (non-hydrogen) atoms. The normalized spacial score (nSPS) is 11.1. The van der Waals surface area contributed by atoms with Gasteiger partial charge in [-0.1, -0.05) is 219 Å². The summed E-state index contributed by atoms with van der Waals surface area (Å²) in [6, 6.07) is 5.03. The Morgan fingerprint density at radius 2 is 0.816 bits per heavy atom. The fraction of sp³-hybridized carbons (Fsp3) is 0.841. The van der Waals surface area contributed by atoms with E-state index in [2.05, 4.69) is 13.8 Å². The molecule has 0 aliphatic carbocycles. The molecule has 0 aromatic heterocycles. The van der Waals surface area contributed by atoms with Crippen molar-refractivity contribution in [2.75, 3.05) is 13.2 Å². The number of carboxylic acid groups (broad SMARTS) is 1. The van der Waals surface area contributed by atoms with Gasteiger partial charge in [0.25, 0.3) is 0 Å². The zero-order valence-electron chi connectivity index (χ0n) is 33.1. The summed E-state index contributed by atoms with van der Waals surface area (Å²) >= 11 is 0. The van der Waals surface area contributed by atoms with E-state index in [1.807, 2.05) is 6.07 Å². The molecule has 0 heterocycles. The third-order valence-corrected chi connectivity index (χ3v) is 9.96. The topological polar surface area (TPSA) is 58.6 Å². The number of rotatable bonds is 38. The largest absolute Gasteiger partial charge is 1.00 e. The molecule has 1 rings (SSSR count). The summed E-state index contributed by atoms with van der Waals surface area (Å²) in [5.41, 5.74) is 1.09. The fourth-order valence-electron chi connectivity index (χ4n) is 6.70. The molecule has 0 radical (unpaired) electrons. The minimum Gasteiger partial charge on any atom is -0.545 e. The zero-order valence-corrected chi connectivity index (χ0v) is 35.1. The molecular formula is C44H79NaO4. The van der Waals surface area contributed by atoms with Gasteiger partial charge in [-0.25, -0.2) is 0 Å². The average Bonchev–Trinajstić information content (AvgIpc) is 3.09. The van der Waals surface area contributed by atoms with Gasteiger partial charge in [0, 0.05) is 17.7 Å². The number of hydrogen-bond donors (Lipinski definition) is 0. The van der Waals surface area contributed by atoms with Crippen LogP contribution in [0, 0.1) is 0 Å². The van der Waals surface area contributed by atoms with Crippen molar-refractivity contribution in [3.05, 3.63) is 29.3 Å². The number of hydrogen-bond acceptors (Lipinski definition) is 4. The van der Waals surface area contributed by atoms with Gasteiger partial charge in [0.15, 0.2) is 0 Å². The quantitative estimate of drug-likeness (QED) is 0.0511. The van der Waals surface area contributed by atoms with Crippen LogP contribution in [0.15, 0.2) is 18.2 Å². The first kappa shape index (κ1) is 48.5. The van der Waals surface area contributed by atoms with E-state index in [0.717, 1.165) is 31.4 Å². The maximum absolute atomic E-state index is 11.4. The molecule has 280 valence electrons. The molecule has 4 nitrogen and oxygen atoms in total. The number of benzene rings is 1. The SMILES string of the molecule is CCCCCCCCCCCCCCCCCCOCc1ccc(C(=O)[O-])cc1OCCCCCCCCCCCCCCCCCC.[Na+]. The summed E-state index contributed by atoms with van der Waals surface area (Å²) < 4.78 is 12.0. The van der Waals surface area contributed by atoms with Gasteiger partial charge >= 0.3 is 29.6 Å². The molecule has 0 bridgehead atoms. The van der Waals surface area contributed by atoms with Gasteiger partial charge in [-0.05, 0) is 18.9 Å². The summed E-state index contributed by atoms with van der Waals surface area (Å²) in [6.45, 7) is 6.38. The van der Waals surface area contributed by atoms with Crippen molar-refractivity contribution < 1.29 is 48.9 Å². The van der Waals surface area contributed by atoms with Gasteiger partial charge in [0.05, 0.1) is 19.2 Å². The van der Waals surface area contributed by atoms with E-state index < -0.39 is 5.97 Å². The van der Waals surface area contributed by atoms with Crippen LogP contribution in [0.3, 0.4) is 0 Å². The molecule has 0 saturated carbocycles. The molecule has 0 aliphatic heterocycles. The fourth-order valence-corrected chi connectivity index (χ4v) is 6.70. The Morgan fingerprint density at radius 3 is 1.16 bits per heavy atom. The Kier molecular flexibility index (Phi) is 38.2. The number of unbranched alkanes of at least 4 members (excludes halogenated alkanes) is 30. The second kappa shape index (κ2) is 38.7. The van der Waals surface area contributed by atoms with E-state index in [9.17, 15) is 9.90 Å². The van der Waals surface area contributed by atoms with E-state index in [1.165, 1.54) is 186 Å². The molecule has 0 saturated heterocycles. The number of aromatic carboxylic acids is 1. The average molecular weight is 695 g/mol. The molecule has 0 spiro atoms. The molecule has 1 aromatic rings. The van der Waals surface area contributed by atoms with Crippen molar-refractivity contribution in [3.8, 4) is 5.75 Å². The molecule has 0 N–H and O–H groups in total. The number of carboxylic acids is 1. The minimum atomic E-state index is -1.16. The Morgan fingerprint density at radius 1 is 0.490 bits per heavy atom. The minimum absolute atomic E-state index is 0. The van der Waals surface area contributed by atoms with Crippen LogP contribution in [0.25, 0.3) is 0 Å². The molecule has 1 aromatic carbocycles. The third-order valence-electron chi connectivity index (χ3n) is 9.96. The predicted molar refractivity (Wildman–Crippen MR) is 205 cm³/mol. The van der Waals surface area contributed by atoms with Gasteiger partial charge in [-0.3, -0.25) is 0 Å². The zero-order chi connectivity index (χ0) is 34.6. The van der Waals surface area contributed by atoms with E-state index >= 15 is 0 Å². The maximum atomic E-state index is 11.4. The molecular weight excluding hydrogens is 615 g/mol. The van der Waals surface area contributed by atoms with E-state index in [-0.39, 0.29) is 35.1 Å². The Bertz CT molecular complexity index is 829. The number of ether oxygens (including phenoxy) is 2. The van der Waals surface area contributed by atoms with Crippen molar-refractivity contribution in [1.82, 2.24) is 0 Å². The third kappa shape index (κ3) is 31.9. The van der Waals surface area contributed by atoms with Crippen molar-refractivity contribution in [2.24, 2.45) is 0 Å². The summed E-state index contributed by atoms with van der Waals surface area (Å²) in [6.07, 6.45) is 43.3. The predicted octanol–water partition coefficient (Wildman–Crippen LogP) is 10.5. The second-order valence-corrected chi connectivity index (χ2v) is 14.6. The monoisotopic (exact) mass is 695 g/mol. The Labute approximate surface area is 327 Å². The first-order valence-electron chi connectivity index (χ1n) is 21.2. The second-order valence-electron chi connectivity index (χ2n) is 14.6. The van der Waals surface area contributed by atoms with Crippen LogP contribution in [-0.2, 0) is 11.3 Å². The molecule has 5 heteroatoms. The Hall–Kier alpha value is -0.550. The number of carbonyl (C=O) groups is 1. The van der Waals surface area contributed by atoms with Crippen LogP contribution in [0.4, 0.5) is 0 Å². The van der Waals surface area contributed by atoms with Crippen molar-refractivity contribution in [1.29, 1.82) is 0 Å².